The predicted octanol–water partition coefficient (Wildman–Crippen LogP) is 1.53. The van der Waals surface area contributed by atoms with Crippen molar-refractivity contribution in [2.75, 3.05) is 12.9 Å². The maximum atomic E-state index is 12.4. The molecule has 2 atom stereocenters. The van der Waals surface area contributed by atoms with Crippen molar-refractivity contribution >= 4 is 21.3 Å². The van der Waals surface area contributed by atoms with Crippen LogP contribution in [0.5, 0.6) is 5.75 Å². The van der Waals surface area contributed by atoms with E-state index in [1.807, 2.05) is 19.9 Å². The van der Waals surface area contributed by atoms with Crippen LogP contribution in [0.25, 0.3) is 5.57 Å². The summed E-state index contributed by atoms with van der Waals surface area (Å²) in [6.45, 7) is 3.88. The first-order valence-corrected chi connectivity index (χ1v) is 9.51. The highest BCUT2D eigenvalue weighted by Gasteiger charge is 2.24. The molecule has 1 aliphatic heterocycles. The number of rotatable bonds is 5. The van der Waals surface area contributed by atoms with E-state index < -0.39 is 9.84 Å². The summed E-state index contributed by atoms with van der Waals surface area (Å²) >= 11 is 0. The molecule has 1 saturated heterocycles. The van der Waals surface area contributed by atoms with E-state index in [-0.39, 0.29) is 34.3 Å². The number of amides is 1. The van der Waals surface area contributed by atoms with Gasteiger partial charge in [-0.05, 0) is 36.1 Å². The summed E-state index contributed by atoms with van der Waals surface area (Å²) in [5.41, 5.74) is 7.22. The Balaban J connectivity index is 2.38. The van der Waals surface area contributed by atoms with E-state index in [2.05, 4.69) is 16.8 Å². The van der Waals surface area contributed by atoms with Gasteiger partial charge in [-0.25, -0.2) is 13.8 Å². The van der Waals surface area contributed by atoms with Crippen molar-refractivity contribution in [3.8, 4) is 18.1 Å². The average Bonchev–Trinajstić information content (AvgIpc) is 2.56. The van der Waals surface area contributed by atoms with Crippen molar-refractivity contribution in [1.29, 1.82) is 0 Å². The van der Waals surface area contributed by atoms with Gasteiger partial charge in [0, 0.05) is 12.5 Å². The fraction of sp³-hybridized carbons (Fsp3) is 0.389. The van der Waals surface area contributed by atoms with Gasteiger partial charge in [0.25, 0.3) is 0 Å². The second-order valence-electron chi connectivity index (χ2n) is 6.08. The maximum Gasteiger partial charge on any atom is 0.234 e. The molecule has 25 heavy (non-hydrogen) atoms. The number of ether oxygens (including phenoxy) is 1. The van der Waals surface area contributed by atoms with Gasteiger partial charge in [-0.15, -0.1) is 6.42 Å². The van der Waals surface area contributed by atoms with Gasteiger partial charge in [0.15, 0.2) is 9.84 Å². The molecule has 1 aromatic carbocycles. The predicted molar refractivity (Wildman–Crippen MR) is 96.4 cm³/mol. The lowest BCUT2D eigenvalue weighted by Crippen LogP contribution is -2.52. The summed E-state index contributed by atoms with van der Waals surface area (Å²) in [5.74, 6) is 2.15. The first kappa shape index (κ1) is 19.0. The zero-order valence-electron chi connectivity index (χ0n) is 14.5. The summed E-state index contributed by atoms with van der Waals surface area (Å²) in [6, 6.07) is 4.95. The number of carbonyl (C=O) groups is 1. The minimum absolute atomic E-state index is 0.0365. The molecule has 2 N–H and O–H groups in total. The number of allylic oxidation sites excluding steroid dienone is 1. The molecular weight excluding hydrogens is 340 g/mol. The number of hydrogen-bond acceptors (Lipinski definition) is 5. The largest absolute Gasteiger partial charge is 0.495 e. The average molecular weight is 362 g/mol. The van der Waals surface area contributed by atoms with E-state index in [0.717, 1.165) is 11.1 Å². The van der Waals surface area contributed by atoms with Crippen molar-refractivity contribution in [2.24, 2.45) is 5.92 Å². The van der Waals surface area contributed by atoms with Crippen molar-refractivity contribution in [3.05, 3.63) is 29.8 Å². The lowest BCUT2D eigenvalue weighted by Gasteiger charge is -2.28. The number of sulfone groups is 1. The fourth-order valence-electron chi connectivity index (χ4n) is 2.70. The first-order valence-electron chi connectivity index (χ1n) is 7.86. The van der Waals surface area contributed by atoms with Crippen LogP contribution >= 0.6 is 0 Å². The number of terminal acetylenes is 1. The smallest absolute Gasteiger partial charge is 0.234 e. The Morgan fingerprint density at radius 1 is 1.48 bits per heavy atom. The number of hydrogen-bond donors (Lipinski definition) is 2. The zero-order chi connectivity index (χ0) is 18.6. The zero-order valence-corrected chi connectivity index (χ0v) is 15.3. The molecule has 0 aliphatic carbocycles. The Hall–Kier alpha value is -2.30. The van der Waals surface area contributed by atoms with Crippen LogP contribution in [0, 0.1) is 18.3 Å². The first-order chi connectivity index (χ1) is 11.8. The molecule has 0 saturated carbocycles. The van der Waals surface area contributed by atoms with Gasteiger partial charge in [0.05, 0.1) is 7.11 Å². The topological polar surface area (TPSA) is 84.5 Å². The van der Waals surface area contributed by atoms with Crippen molar-refractivity contribution in [2.45, 2.75) is 31.2 Å². The lowest BCUT2D eigenvalue weighted by atomic mass is 9.93. The Kier molecular flexibility index (Phi) is 5.88. The van der Waals surface area contributed by atoms with Gasteiger partial charge in [0.1, 0.15) is 16.4 Å². The minimum Gasteiger partial charge on any atom is -0.495 e. The van der Waals surface area contributed by atoms with Crippen LogP contribution in [0.1, 0.15) is 25.8 Å². The molecular formula is C18H22N2O4S. The molecule has 1 heterocycles. The molecule has 0 radical (unpaired) electrons. The second kappa shape index (κ2) is 7.72. The molecule has 2 unspecified atom stereocenters. The van der Waals surface area contributed by atoms with Gasteiger partial charge in [-0.3, -0.25) is 10.2 Å². The summed E-state index contributed by atoms with van der Waals surface area (Å²) in [6.07, 6.45) is 7.58. The van der Waals surface area contributed by atoms with Crippen LogP contribution in [0.15, 0.2) is 29.2 Å². The molecule has 1 fully saturated rings. The Labute approximate surface area is 148 Å². The Bertz CT molecular complexity index is 837. The third kappa shape index (κ3) is 4.41. The normalized spacial score (nSPS) is 21.4. The van der Waals surface area contributed by atoms with E-state index in [9.17, 15) is 13.2 Å². The summed E-state index contributed by atoms with van der Waals surface area (Å²) < 4.78 is 29.9. The van der Waals surface area contributed by atoms with Crippen LogP contribution in [0.2, 0.25) is 0 Å². The molecule has 1 aromatic rings. The SMILES string of the molecule is C#CCS(=O)(=O)c1cc(/C(C)=C/C2NNC(=O)CC2C)ccc1OC. The van der Waals surface area contributed by atoms with E-state index in [4.69, 9.17) is 11.2 Å². The van der Waals surface area contributed by atoms with Crippen LogP contribution in [0.4, 0.5) is 0 Å². The Morgan fingerprint density at radius 3 is 2.80 bits per heavy atom. The van der Waals surface area contributed by atoms with E-state index in [1.165, 1.54) is 7.11 Å². The van der Waals surface area contributed by atoms with Crippen LogP contribution in [0.3, 0.4) is 0 Å². The molecule has 0 bridgehead atoms. The molecule has 2 rings (SSSR count). The van der Waals surface area contributed by atoms with Crippen molar-refractivity contribution in [3.63, 3.8) is 0 Å². The monoisotopic (exact) mass is 362 g/mol. The van der Waals surface area contributed by atoms with Crippen molar-refractivity contribution < 1.29 is 17.9 Å². The lowest BCUT2D eigenvalue weighted by molar-refractivity contribution is -0.125. The Morgan fingerprint density at radius 2 is 2.20 bits per heavy atom. The number of methoxy groups -OCH3 is 1. The molecule has 1 amide bonds. The molecule has 1 aliphatic rings. The van der Waals surface area contributed by atoms with E-state index in [1.54, 1.807) is 18.2 Å². The van der Waals surface area contributed by atoms with E-state index in [0.29, 0.717) is 6.42 Å². The number of benzene rings is 1. The summed E-state index contributed by atoms with van der Waals surface area (Å²) in [4.78, 5) is 11.5. The van der Waals surface area contributed by atoms with Gasteiger partial charge in [0.2, 0.25) is 5.91 Å². The highest BCUT2D eigenvalue weighted by Crippen LogP contribution is 2.29. The molecule has 7 heteroatoms. The third-order valence-electron chi connectivity index (χ3n) is 4.16. The second-order valence-corrected chi connectivity index (χ2v) is 8.04. The van der Waals surface area contributed by atoms with Gasteiger partial charge in [-0.1, -0.05) is 25.0 Å². The number of nitrogens with one attached hydrogen (secondary N) is 2. The number of hydrazine groups is 1. The van der Waals surface area contributed by atoms with Crippen LogP contribution in [-0.4, -0.2) is 33.2 Å². The summed E-state index contributed by atoms with van der Waals surface area (Å²) in [7, 11) is -2.20. The van der Waals surface area contributed by atoms with Crippen molar-refractivity contribution in [1.82, 2.24) is 10.9 Å². The molecule has 0 spiro atoms. The maximum absolute atomic E-state index is 12.4. The minimum atomic E-state index is -3.62. The molecule has 134 valence electrons. The van der Waals surface area contributed by atoms with E-state index >= 15 is 0 Å². The highest BCUT2D eigenvalue weighted by molar-refractivity contribution is 7.91. The highest BCUT2D eigenvalue weighted by atomic mass is 32.2. The quantitative estimate of drug-likeness (QED) is 0.776. The third-order valence-corrected chi connectivity index (χ3v) is 5.69. The fourth-order valence-corrected chi connectivity index (χ4v) is 3.84. The van der Waals surface area contributed by atoms with Gasteiger partial charge in [-0.2, -0.15) is 0 Å². The standard InChI is InChI=1S/C18H22N2O4S/c1-5-8-25(22,23)17-11-14(6-7-16(17)24-4)12(2)9-15-13(3)10-18(21)20-19-15/h1,6-7,9,11,13,15,19H,8,10H2,2-4H3,(H,20,21)/b12-9+. The van der Waals surface area contributed by atoms with Crippen LogP contribution in [-0.2, 0) is 14.6 Å². The van der Waals surface area contributed by atoms with Crippen LogP contribution < -0.4 is 15.6 Å². The molecule has 0 aromatic heterocycles. The van der Waals surface area contributed by atoms with Gasteiger partial charge < -0.3 is 4.74 Å². The number of carbonyl (C=O) groups excluding carboxylic acids is 1. The summed E-state index contributed by atoms with van der Waals surface area (Å²) in [5, 5.41) is 0. The molecule has 6 nitrogen and oxygen atoms in total. The van der Waals surface area contributed by atoms with Gasteiger partial charge >= 0.3 is 0 Å².